The van der Waals surface area contributed by atoms with Gasteiger partial charge in [0.15, 0.2) is 0 Å². The van der Waals surface area contributed by atoms with Gasteiger partial charge in [0.05, 0.1) is 18.2 Å². The smallest absolute Gasteiger partial charge is 0.225 e. The fourth-order valence-electron chi connectivity index (χ4n) is 4.07. The largest absolute Gasteiger partial charge is 0.371 e. The molecule has 6 nitrogen and oxygen atoms in total. The molecule has 2 aliphatic rings. The number of nitrogens with zero attached hydrogens (tertiary/aromatic N) is 5. The van der Waals surface area contributed by atoms with Crippen molar-refractivity contribution in [3.05, 3.63) is 48.5 Å². The molecule has 0 N–H and O–H groups in total. The van der Waals surface area contributed by atoms with Gasteiger partial charge < -0.3 is 9.64 Å². The van der Waals surface area contributed by atoms with Crippen molar-refractivity contribution in [2.75, 3.05) is 31.6 Å². The molecule has 0 aromatic carbocycles. The minimum absolute atomic E-state index is 0.0336. The van der Waals surface area contributed by atoms with Gasteiger partial charge in [0.2, 0.25) is 5.95 Å². The molecule has 25 heavy (non-hydrogen) atoms. The van der Waals surface area contributed by atoms with Crippen LogP contribution in [0, 0.1) is 0 Å². The van der Waals surface area contributed by atoms with E-state index in [4.69, 9.17) is 4.74 Å². The average Bonchev–Trinajstić information content (AvgIpc) is 3.06. The van der Waals surface area contributed by atoms with Crippen molar-refractivity contribution in [1.29, 1.82) is 0 Å². The molecular formula is C19H25N5O. The van der Waals surface area contributed by atoms with Gasteiger partial charge in [0, 0.05) is 51.3 Å². The Morgan fingerprint density at radius 2 is 2.16 bits per heavy atom. The summed E-state index contributed by atoms with van der Waals surface area (Å²) in [5, 5.41) is 0. The maximum absolute atomic E-state index is 6.35. The van der Waals surface area contributed by atoms with Crippen molar-refractivity contribution in [2.45, 2.75) is 37.5 Å². The summed E-state index contributed by atoms with van der Waals surface area (Å²) in [6.07, 6.45) is 10.7. The Hall–Kier alpha value is -2.05. The SMILES string of the molecule is CN(c1ncccn1)C1COC2(CCCN(Cc3cccnc3)C2)C1. The monoisotopic (exact) mass is 339 g/mol. The second-order valence-corrected chi connectivity index (χ2v) is 7.19. The fourth-order valence-corrected chi connectivity index (χ4v) is 4.07. The van der Waals surface area contributed by atoms with Crippen molar-refractivity contribution in [2.24, 2.45) is 0 Å². The Morgan fingerprint density at radius 1 is 1.28 bits per heavy atom. The number of ether oxygens (including phenoxy) is 1. The third-order valence-corrected chi connectivity index (χ3v) is 5.35. The average molecular weight is 339 g/mol. The van der Waals surface area contributed by atoms with E-state index in [0.717, 1.165) is 45.0 Å². The van der Waals surface area contributed by atoms with Crippen LogP contribution >= 0.6 is 0 Å². The lowest BCUT2D eigenvalue weighted by molar-refractivity contribution is -0.0533. The molecule has 1 spiro atoms. The maximum Gasteiger partial charge on any atom is 0.225 e. The Balaban J connectivity index is 1.40. The second-order valence-electron chi connectivity index (χ2n) is 7.19. The van der Waals surface area contributed by atoms with E-state index in [1.165, 1.54) is 12.0 Å². The summed E-state index contributed by atoms with van der Waals surface area (Å²) in [6, 6.07) is 6.33. The molecule has 0 saturated carbocycles. The summed E-state index contributed by atoms with van der Waals surface area (Å²) < 4.78 is 6.35. The van der Waals surface area contributed by atoms with Gasteiger partial charge in [-0.15, -0.1) is 0 Å². The van der Waals surface area contributed by atoms with Crippen LogP contribution in [0.3, 0.4) is 0 Å². The van der Waals surface area contributed by atoms with Gasteiger partial charge in [-0.05, 0) is 37.1 Å². The Morgan fingerprint density at radius 3 is 2.96 bits per heavy atom. The summed E-state index contributed by atoms with van der Waals surface area (Å²) in [5.41, 5.74) is 1.23. The van der Waals surface area contributed by atoms with Crippen LogP contribution in [0.1, 0.15) is 24.8 Å². The van der Waals surface area contributed by atoms with Crippen LogP contribution in [-0.4, -0.2) is 58.2 Å². The minimum atomic E-state index is -0.0336. The van der Waals surface area contributed by atoms with Crippen LogP contribution in [0.15, 0.2) is 43.0 Å². The van der Waals surface area contributed by atoms with Gasteiger partial charge >= 0.3 is 0 Å². The molecule has 2 unspecified atom stereocenters. The molecule has 2 aliphatic heterocycles. The third kappa shape index (κ3) is 3.65. The first-order valence-corrected chi connectivity index (χ1v) is 8.99. The van der Waals surface area contributed by atoms with Crippen molar-refractivity contribution in [3.8, 4) is 0 Å². The first kappa shape index (κ1) is 16.4. The zero-order valence-electron chi connectivity index (χ0n) is 14.7. The lowest BCUT2D eigenvalue weighted by Gasteiger charge is -2.40. The van der Waals surface area contributed by atoms with E-state index < -0.39 is 0 Å². The van der Waals surface area contributed by atoms with E-state index >= 15 is 0 Å². The van der Waals surface area contributed by atoms with Crippen LogP contribution < -0.4 is 4.90 Å². The Kier molecular flexibility index (Phi) is 4.63. The van der Waals surface area contributed by atoms with Crippen LogP contribution in [0.5, 0.6) is 0 Å². The molecule has 2 saturated heterocycles. The maximum atomic E-state index is 6.35. The zero-order valence-corrected chi connectivity index (χ0v) is 14.7. The molecular weight excluding hydrogens is 314 g/mol. The first-order chi connectivity index (χ1) is 12.2. The summed E-state index contributed by atoms with van der Waals surface area (Å²) in [4.78, 5) is 17.6. The van der Waals surface area contributed by atoms with E-state index in [0.29, 0.717) is 6.04 Å². The number of aromatic nitrogens is 3. The molecule has 6 heteroatoms. The third-order valence-electron chi connectivity index (χ3n) is 5.35. The normalized spacial score (nSPS) is 26.8. The highest BCUT2D eigenvalue weighted by molar-refractivity contribution is 5.30. The number of piperidine rings is 1. The number of hydrogen-bond donors (Lipinski definition) is 0. The predicted molar refractivity (Wildman–Crippen MR) is 96.3 cm³/mol. The standard InChI is InChI=1S/C19H25N5O/c1-23(18-21-8-4-9-22-18)17-11-19(25-14-17)6-3-10-24(15-19)13-16-5-2-7-20-12-16/h2,4-5,7-9,12,17H,3,6,10-11,13-15H2,1H3. The topological polar surface area (TPSA) is 54.4 Å². The van der Waals surface area contributed by atoms with Crippen molar-refractivity contribution >= 4 is 5.95 Å². The quantitative estimate of drug-likeness (QED) is 0.851. The molecule has 0 bridgehead atoms. The molecule has 2 fully saturated rings. The summed E-state index contributed by atoms with van der Waals surface area (Å²) in [5.74, 6) is 0.774. The van der Waals surface area contributed by atoms with Gasteiger partial charge in [-0.2, -0.15) is 0 Å². The lowest BCUT2D eigenvalue weighted by atomic mass is 9.88. The van der Waals surface area contributed by atoms with Crippen molar-refractivity contribution in [1.82, 2.24) is 19.9 Å². The van der Waals surface area contributed by atoms with Crippen LogP contribution in [0.25, 0.3) is 0 Å². The summed E-state index contributed by atoms with van der Waals surface area (Å²) >= 11 is 0. The summed E-state index contributed by atoms with van der Waals surface area (Å²) in [7, 11) is 2.07. The molecule has 4 rings (SSSR count). The molecule has 0 amide bonds. The second kappa shape index (κ2) is 7.06. The van der Waals surface area contributed by atoms with E-state index in [-0.39, 0.29) is 5.60 Å². The van der Waals surface area contributed by atoms with E-state index in [9.17, 15) is 0 Å². The van der Waals surface area contributed by atoms with E-state index in [2.05, 4.69) is 37.9 Å². The molecule has 2 atom stereocenters. The van der Waals surface area contributed by atoms with Gasteiger partial charge in [-0.1, -0.05) is 6.07 Å². The zero-order chi connectivity index (χ0) is 17.1. The highest BCUT2D eigenvalue weighted by atomic mass is 16.5. The van der Waals surface area contributed by atoms with E-state index in [1.54, 1.807) is 12.4 Å². The molecule has 4 heterocycles. The molecule has 0 aliphatic carbocycles. The molecule has 2 aromatic rings. The lowest BCUT2D eigenvalue weighted by Crippen LogP contribution is -2.48. The number of likely N-dealkylation sites (N-methyl/N-ethyl adjacent to an activating group) is 1. The van der Waals surface area contributed by atoms with E-state index in [1.807, 2.05) is 24.5 Å². The minimum Gasteiger partial charge on any atom is -0.371 e. The van der Waals surface area contributed by atoms with Crippen molar-refractivity contribution in [3.63, 3.8) is 0 Å². The van der Waals surface area contributed by atoms with Gasteiger partial charge in [-0.25, -0.2) is 9.97 Å². The van der Waals surface area contributed by atoms with Crippen LogP contribution in [0.2, 0.25) is 0 Å². The van der Waals surface area contributed by atoms with Gasteiger partial charge in [-0.3, -0.25) is 9.88 Å². The Labute approximate surface area is 148 Å². The summed E-state index contributed by atoms with van der Waals surface area (Å²) in [6.45, 7) is 3.81. The molecule has 2 aromatic heterocycles. The van der Waals surface area contributed by atoms with Crippen molar-refractivity contribution < 1.29 is 4.74 Å². The van der Waals surface area contributed by atoms with Crippen LogP contribution in [-0.2, 0) is 11.3 Å². The fraction of sp³-hybridized carbons (Fsp3) is 0.526. The first-order valence-electron chi connectivity index (χ1n) is 8.99. The molecule has 0 radical (unpaired) electrons. The number of likely N-dealkylation sites (tertiary alicyclic amines) is 1. The highest BCUT2D eigenvalue weighted by Gasteiger charge is 2.44. The number of pyridine rings is 1. The van der Waals surface area contributed by atoms with Crippen LogP contribution in [0.4, 0.5) is 5.95 Å². The predicted octanol–water partition coefficient (Wildman–Crippen LogP) is 2.13. The number of rotatable bonds is 4. The number of anilines is 1. The van der Waals surface area contributed by atoms with Gasteiger partial charge in [0.25, 0.3) is 0 Å². The molecule has 132 valence electrons. The highest BCUT2D eigenvalue weighted by Crippen LogP contribution is 2.37. The Bertz CT molecular complexity index is 683. The van der Waals surface area contributed by atoms with Gasteiger partial charge in [0.1, 0.15) is 0 Å². The number of hydrogen-bond acceptors (Lipinski definition) is 6.